The Kier molecular flexibility index (Phi) is 4.89. The molecular formula is C23H20N2O3. The number of hydrogen-bond donors (Lipinski definition) is 0. The molecule has 0 unspecified atom stereocenters. The molecule has 0 saturated carbocycles. The third-order valence-electron chi connectivity index (χ3n) is 4.80. The summed E-state index contributed by atoms with van der Waals surface area (Å²) in [7, 11) is 3.14. The molecule has 0 atom stereocenters. The van der Waals surface area contributed by atoms with Crippen LogP contribution in [0.3, 0.4) is 0 Å². The molecule has 140 valence electrons. The van der Waals surface area contributed by atoms with E-state index in [0.717, 1.165) is 34.6 Å². The van der Waals surface area contributed by atoms with Crippen molar-refractivity contribution in [1.82, 2.24) is 4.98 Å². The molecule has 5 heteroatoms. The molecule has 0 amide bonds. The largest absolute Gasteiger partial charge is 0.497 e. The molecule has 2 heterocycles. The van der Waals surface area contributed by atoms with Crippen molar-refractivity contribution in [2.75, 3.05) is 14.2 Å². The van der Waals surface area contributed by atoms with Gasteiger partial charge in [0.25, 0.3) is 0 Å². The second-order valence-electron chi connectivity index (χ2n) is 6.59. The number of ketones is 1. The summed E-state index contributed by atoms with van der Waals surface area (Å²) in [6.07, 6.45) is 2.80. The lowest BCUT2D eigenvalue weighted by molar-refractivity contribution is 0.0990. The number of pyridine rings is 1. The first kappa shape index (κ1) is 17.9. The fraction of sp³-hybridized carbons (Fsp3) is 0.174. The van der Waals surface area contributed by atoms with Crippen molar-refractivity contribution in [3.8, 4) is 11.5 Å². The number of carbonyl (C=O) groups is 1. The molecule has 0 fully saturated rings. The molecule has 0 saturated heterocycles. The van der Waals surface area contributed by atoms with Crippen molar-refractivity contribution >= 4 is 17.3 Å². The molecule has 2 aromatic carbocycles. The number of rotatable bonds is 6. The second kappa shape index (κ2) is 7.64. The lowest BCUT2D eigenvalue weighted by Gasteiger charge is -2.10. The van der Waals surface area contributed by atoms with Crippen molar-refractivity contribution < 1.29 is 14.3 Å². The molecule has 0 aliphatic carbocycles. The van der Waals surface area contributed by atoms with E-state index in [-0.39, 0.29) is 12.2 Å². The topological polar surface area (TPSA) is 60.8 Å². The van der Waals surface area contributed by atoms with Gasteiger partial charge in [0.05, 0.1) is 25.5 Å². The maximum atomic E-state index is 12.8. The zero-order valence-corrected chi connectivity index (χ0v) is 15.8. The highest BCUT2D eigenvalue weighted by molar-refractivity contribution is 6.06. The van der Waals surface area contributed by atoms with Crippen LogP contribution in [0, 0.1) is 0 Å². The summed E-state index contributed by atoms with van der Waals surface area (Å²) in [4.78, 5) is 21.8. The predicted octanol–water partition coefficient (Wildman–Crippen LogP) is 4.20. The average molecular weight is 372 g/mol. The standard InChI is InChI=1S/C23H20N2O3/c1-27-18-8-9-19(22(14-18)28-2)21(26)12-15-5-3-6-16(11-15)20-13-17-7-4-10-24-23(17)25-20/h3-11,14H,12-13H2,1-2H3. The number of carbonyl (C=O) groups excluding carboxylic acids is 1. The fourth-order valence-corrected chi connectivity index (χ4v) is 3.35. The minimum absolute atomic E-state index is 0.00466. The van der Waals surface area contributed by atoms with E-state index in [9.17, 15) is 4.79 Å². The third-order valence-corrected chi connectivity index (χ3v) is 4.80. The number of hydrogen-bond acceptors (Lipinski definition) is 5. The number of ether oxygens (including phenoxy) is 2. The summed E-state index contributed by atoms with van der Waals surface area (Å²) in [5.74, 6) is 1.95. The Morgan fingerprint density at radius 3 is 2.71 bits per heavy atom. The van der Waals surface area contributed by atoms with Gasteiger partial charge in [0.2, 0.25) is 0 Å². The highest BCUT2D eigenvalue weighted by Crippen LogP contribution is 2.28. The Morgan fingerprint density at radius 2 is 1.93 bits per heavy atom. The number of fused-ring (bicyclic) bond motifs is 1. The zero-order valence-electron chi connectivity index (χ0n) is 15.8. The molecule has 1 aliphatic heterocycles. The van der Waals surface area contributed by atoms with E-state index in [4.69, 9.17) is 9.47 Å². The van der Waals surface area contributed by atoms with E-state index in [1.165, 1.54) is 0 Å². The van der Waals surface area contributed by atoms with Gasteiger partial charge in [-0.15, -0.1) is 0 Å². The summed E-state index contributed by atoms with van der Waals surface area (Å²) in [5.41, 5.74) is 4.60. The molecule has 3 aromatic rings. The van der Waals surface area contributed by atoms with E-state index in [2.05, 4.69) is 9.98 Å². The van der Waals surface area contributed by atoms with Crippen LogP contribution in [0.4, 0.5) is 5.82 Å². The Labute approximate surface area is 163 Å². The smallest absolute Gasteiger partial charge is 0.170 e. The normalized spacial score (nSPS) is 12.3. The van der Waals surface area contributed by atoms with Crippen molar-refractivity contribution in [3.05, 3.63) is 83.0 Å². The summed E-state index contributed by atoms with van der Waals surface area (Å²) in [6.45, 7) is 0. The van der Waals surface area contributed by atoms with Gasteiger partial charge >= 0.3 is 0 Å². The van der Waals surface area contributed by atoms with Gasteiger partial charge in [-0.25, -0.2) is 9.98 Å². The molecule has 0 bridgehead atoms. The van der Waals surface area contributed by atoms with E-state index in [1.807, 2.05) is 36.4 Å². The monoisotopic (exact) mass is 372 g/mol. The quantitative estimate of drug-likeness (QED) is 0.609. The van der Waals surface area contributed by atoms with Gasteiger partial charge in [-0.1, -0.05) is 24.3 Å². The highest BCUT2D eigenvalue weighted by Gasteiger charge is 2.18. The van der Waals surface area contributed by atoms with Gasteiger partial charge in [0.1, 0.15) is 11.5 Å². The SMILES string of the molecule is COc1ccc(C(=O)Cc2cccc(C3=Nc4ncccc4C3)c2)c(OC)c1. The third kappa shape index (κ3) is 3.51. The fourth-order valence-electron chi connectivity index (χ4n) is 3.35. The molecule has 0 radical (unpaired) electrons. The van der Waals surface area contributed by atoms with Gasteiger partial charge in [-0.2, -0.15) is 0 Å². The van der Waals surface area contributed by atoms with Gasteiger partial charge in [0.15, 0.2) is 11.6 Å². The maximum Gasteiger partial charge on any atom is 0.170 e. The maximum absolute atomic E-state index is 12.8. The first-order chi connectivity index (χ1) is 13.7. The van der Waals surface area contributed by atoms with Gasteiger partial charge < -0.3 is 9.47 Å². The van der Waals surface area contributed by atoms with E-state index >= 15 is 0 Å². The van der Waals surface area contributed by atoms with Crippen LogP contribution in [0.1, 0.15) is 27.0 Å². The van der Waals surface area contributed by atoms with Crippen LogP contribution in [-0.2, 0) is 12.8 Å². The van der Waals surface area contributed by atoms with Crippen LogP contribution in [0.2, 0.25) is 0 Å². The molecule has 5 nitrogen and oxygen atoms in total. The first-order valence-electron chi connectivity index (χ1n) is 9.04. The molecule has 0 N–H and O–H groups in total. The van der Waals surface area contributed by atoms with Gasteiger partial charge in [-0.05, 0) is 35.4 Å². The van der Waals surface area contributed by atoms with Crippen LogP contribution in [0.15, 0.2) is 65.8 Å². The van der Waals surface area contributed by atoms with Gasteiger partial charge in [0, 0.05) is 30.7 Å². The van der Waals surface area contributed by atoms with Crippen molar-refractivity contribution in [2.24, 2.45) is 4.99 Å². The molecular weight excluding hydrogens is 352 g/mol. The number of aromatic nitrogens is 1. The van der Waals surface area contributed by atoms with Crippen LogP contribution in [0.5, 0.6) is 11.5 Å². The number of Topliss-reactive ketones (excluding diaryl/α,β-unsaturated/α-hetero) is 1. The molecule has 1 aliphatic rings. The van der Waals surface area contributed by atoms with E-state index in [0.29, 0.717) is 17.1 Å². The Hall–Kier alpha value is -3.47. The lowest BCUT2D eigenvalue weighted by atomic mass is 9.98. The molecule has 4 rings (SSSR count). The van der Waals surface area contributed by atoms with Crippen molar-refractivity contribution in [2.45, 2.75) is 12.8 Å². The number of aliphatic imine (C=N–C) groups is 1. The Morgan fingerprint density at radius 1 is 1.04 bits per heavy atom. The zero-order chi connectivity index (χ0) is 19.5. The van der Waals surface area contributed by atoms with Crippen molar-refractivity contribution in [1.29, 1.82) is 0 Å². The molecule has 0 spiro atoms. The minimum atomic E-state index is -0.00466. The number of nitrogens with zero attached hydrogens (tertiary/aromatic N) is 2. The number of benzene rings is 2. The van der Waals surface area contributed by atoms with Crippen LogP contribution >= 0.6 is 0 Å². The van der Waals surface area contributed by atoms with Crippen LogP contribution in [0.25, 0.3) is 0 Å². The Balaban J connectivity index is 1.56. The first-order valence-corrected chi connectivity index (χ1v) is 9.04. The van der Waals surface area contributed by atoms with Crippen molar-refractivity contribution in [3.63, 3.8) is 0 Å². The summed E-state index contributed by atoms with van der Waals surface area (Å²) >= 11 is 0. The van der Waals surface area contributed by atoms with Crippen LogP contribution < -0.4 is 9.47 Å². The second-order valence-corrected chi connectivity index (χ2v) is 6.59. The molecule has 1 aromatic heterocycles. The van der Waals surface area contributed by atoms with Crippen LogP contribution in [-0.4, -0.2) is 30.7 Å². The highest BCUT2D eigenvalue weighted by atomic mass is 16.5. The Bertz CT molecular complexity index is 1070. The summed E-state index contributed by atoms with van der Waals surface area (Å²) < 4.78 is 10.6. The minimum Gasteiger partial charge on any atom is -0.497 e. The predicted molar refractivity (Wildman–Crippen MR) is 108 cm³/mol. The summed E-state index contributed by atoms with van der Waals surface area (Å²) in [6, 6.07) is 17.2. The van der Waals surface area contributed by atoms with Gasteiger partial charge in [-0.3, -0.25) is 4.79 Å². The number of methoxy groups -OCH3 is 2. The van der Waals surface area contributed by atoms with E-state index < -0.39 is 0 Å². The lowest BCUT2D eigenvalue weighted by Crippen LogP contribution is -2.07. The molecule has 28 heavy (non-hydrogen) atoms. The van der Waals surface area contributed by atoms with E-state index in [1.54, 1.807) is 38.6 Å². The average Bonchev–Trinajstić information content (AvgIpc) is 3.17. The summed E-state index contributed by atoms with van der Waals surface area (Å²) in [5, 5.41) is 0.